The monoisotopic (exact) mass is 313 g/mol. The summed E-state index contributed by atoms with van der Waals surface area (Å²) in [4.78, 5) is 11.1. The molecule has 6 nitrogen and oxygen atoms in total. The molecule has 0 aliphatic carbocycles. The predicted molar refractivity (Wildman–Crippen MR) is 92.8 cm³/mol. The number of rotatable bonds is 7. The fourth-order valence-corrected chi connectivity index (χ4v) is 2.80. The SMILES string of the molecule is OCCNc1ncnc(N2CCCC2)c1NCc1ccccc1. The second-order valence-electron chi connectivity index (χ2n) is 5.60. The molecule has 1 aliphatic heterocycles. The summed E-state index contributed by atoms with van der Waals surface area (Å²) in [5.74, 6) is 1.68. The van der Waals surface area contributed by atoms with Crippen molar-refractivity contribution in [2.45, 2.75) is 19.4 Å². The van der Waals surface area contributed by atoms with Gasteiger partial charge >= 0.3 is 0 Å². The first kappa shape index (κ1) is 15.6. The number of aliphatic hydroxyl groups excluding tert-OH is 1. The lowest BCUT2D eigenvalue weighted by Gasteiger charge is -2.22. The van der Waals surface area contributed by atoms with Gasteiger partial charge in [-0.1, -0.05) is 30.3 Å². The van der Waals surface area contributed by atoms with Gasteiger partial charge in [0.25, 0.3) is 0 Å². The van der Waals surface area contributed by atoms with Gasteiger partial charge in [-0.2, -0.15) is 0 Å². The molecule has 122 valence electrons. The van der Waals surface area contributed by atoms with E-state index in [4.69, 9.17) is 5.11 Å². The smallest absolute Gasteiger partial charge is 0.157 e. The summed E-state index contributed by atoms with van der Waals surface area (Å²) in [6, 6.07) is 10.3. The minimum atomic E-state index is 0.0706. The first-order valence-electron chi connectivity index (χ1n) is 8.11. The van der Waals surface area contributed by atoms with Crippen LogP contribution in [0.5, 0.6) is 0 Å². The molecule has 0 unspecified atom stereocenters. The average molecular weight is 313 g/mol. The van der Waals surface area contributed by atoms with Crippen molar-refractivity contribution < 1.29 is 5.11 Å². The molecule has 0 atom stereocenters. The number of hydrogen-bond donors (Lipinski definition) is 3. The highest BCUT2D eigenvalue weighted by Crippen LogP contribution is 2.32. The van der Waals surface area contributed by atoms with Crippen LogP contribution >= 0.6 is 0 Å². The van der Waals surface area contributed by atoms with Crippen LogP contribution in [-0.2, 0) is 6.54 Å². The molecule has 0 saturated carbocycles. The molecular weight excluding hydrogens is 290 g/mol. The summed E-state index contributed by atoms with van der Waals surface area (Å²) < 4.78 is 0. The molecule has 1 aromatic heterocycles. The zero-order valence-corrected chi connectivity index (χ0v) is 13.2. The van der Waals surface area contributed by atoms with E-state index in [-0.39, 0.29) is 6.61 Å². The van der Waals surface area contributed by atoms with Gasteiger partial charge in [-0.05, 0) is 18.4 Å². The van der Waals surface area contributed by atoms with E-state index in [9.17, 15) is 0 Å². The van der Waals surface area contributed by atoms with E-state index < -0.39 is 0 Å². The molecule has 1 aliphatic rings. The van der Waals surface area contributed by atoms with Crippen molar-refractivity contribution in [3.8, 4) is 0 Å². The number of hydrogen-bond acceptors (Lipinski definition) is 6. The third-order valence-electron chi connectivity index (χ3n) is 3.95. The molecule has 23 heavy (non-hydrogen) atoms. The summed E-state index contributed by atoms with van der Waals surface area (Å²) in [5, 5.41) is 15.7. The maximum absolute atomic E-state index is 9.07. The molecule has 0 bridgehead atoms. The number of anilines is 3. The van der Waals surface area contributed by atoms with Crippen LogP contribution in [-0.4, -0.2) is 41.3 Å². The quantitative estimate of drug-likeness (QED) is 0.727. The molecule has 6 heteroatoms. The van der Waals surface area contributed by atoms with Gasteiger partial charge in [0, 0.05) is 26.2 Å². The topological polar surface area (TPSA) is 73.3 Å². The van der Waals surface area contributed by atoms with E-state index in [0.717, 1.165) is 30.4 Å². The Kier molecular flexibility index (Phi) is 5.26. The fraction of sp³-hybridized carbons (Fsp3) is 0.412. The number of nitrogens with zero attached hydrogens (tertiary/aromatic N) is 3. The average Bonchev–Trinajstić information content (AvgIpc) is 3.13. The number of benzene rings is 1. The molecule has 3 N–H and O–H groups in total. The van der Waals surface area contributed by atoms with E-state index in [1.54, 1.807) is 6.33 Å². The Morgan fingerprint density at radius 1 is 1.04 bits per heavy atom. The van der Waals surface area contributed by atoms with Crippen LogP contribution in [0.25, 0.3) is 0 Å². The molecule has 0 radical (unpaired) electrons. The second kappa shape index (κ2) is 7.78. The van der Waals surface area contributed by atoms with Gasteiger partial charge < -0.3 is 20.6 Å². The lowest BCUT2D eigenvalue weighted by Crippen LogP contribution is -2.22. The van der Waals surface area contributed by atoms with Gasteiger partial charge in [0.1, 0.15) is 12.0 Å². The third kappa shape index (κ3) is 3.90. The van der Waals surface area contributed by atoms with E-state index in [2.05, 4.69) is 37.6 Å². The Bertz CT molecular complexity index is 614. The molecule has 0 amide bonds. The van der Waals surface area contributed by atoms with Gasteiger partial charge in [0.2, 0.25) is 0 Å². The van der Waals surface area contributed by atoms with Crippen LogP contribution in [0.15, 0.2) is 36.7 Å². The van der Waals surface area contributed by atoms with Crippen molar-refractivity contribution in [2.75, 3.05) is 41.8 Å². The first-order chi connectivity index (χ1) is 11.4. The van der Waals surface area contributed by atoms with Crippen molar-refractivity contribution in [3.63, 3.8) is 0 Å². The fourth-order valence-electron chi connectivity index (χ4n) is 2.80. The largest absolute Gasteiger partial charge is 0.395 e. The highest BCUT2D eigenvalue weighted by Gasteiger charge is 2.20. The molecule has 2 heterocycles. The van der Waals surface area contributed by atoms with E-state index in [1.807, 2.05) is 18.2 Å². The molecule has 1 aromatic carbocycles. The van der Waals surface area contributed by atoms with Crippen LogP contribution in [0.1, 0.15) is 18.4 Å². The Morgan fingerprint density at radius 3 is 2.57 bits per heavy atom. The van der Waals surface area contributed by atoms with Gasteiger partial charge in [0.15, 0.2) is 11.6 Å². The lowest BCUT2D eigenvalue weighted by atomic mass is 10.2. The van der Waals surface area contributed by atoms with Crippen molar-refractivity contribution >= 4 is 17.3 Å². The molecular formula is C17H23N5O. The Balaban J connectivity index is 1.83. The third-order valence-corrected chi connectivity index (χ3v) is 3.95. The van der Waals surface area contributed by atoms with Crippen LogP contribution in [0, 0.1) is 0 Å². The van der Waals surface area contributed by atoms with Crippen LogP contribution < -0.4 is 15.5 Å². The Morgan fingerprint density at radius 2 is 1.83 bits per heavy atom. The highest BCUT2D eigenvalue weighted by atomic mass is 16.3. The Hall–Kier alpha value is -2.34. The summed E-state index contributed by atoms with van der Waals surface area (Å²) in [5.41, 5.74) is 2.11. The maximum atomic E-state index is 9.07. The molecule has 1 saturated heterocycles. The van der Waals surface area contributed by atoms with Gasteiger partial charge in [-0.15, -0.1) is 0 Å². The molecule has 3 rings (SSSR count). The van der Waals surface area contributed by atoms with Gasteiger partial charge in [-0.25, -0.2) is 9.97 Å². The van der Waals surface area contributed by atoms with Gasteiger partial charge in [-0.3, -0.25) is 0 Å². The standard InChI is InChI=1S/C17H23N5O/c23-11-8-18-16-15(19-12-14-6-2-1-3-7-14)17(21-13-20-16)22-9-4-5-10-22/h1-3,6-7,13,19,23H,4-5,8-12H2,(H,18,20,21). The number of aromatic nitrogens is 2. The second-order valence-corrected chi connectivity index (χ2v) is 5.60. The number of nitrogens with one attached hydrogen (secondary N) is 2. The van der Waals surface area contributed by atoms with Crippen molar-refractivity contribution in [3.05, 3.63) is 42.2 Å². The highest BCUT2D eigenvalue weighted by molar-refractivity contribution is 5.77. The zero-order chi connectivity index (χ0) is 15.9. The normalized spacial score (nSPS) is 14.0. The van der Waals surface area contributed by atoms with E-state index in [1.165, 1.54) is 18.4 Å². The molecule has 2 aromatic rings. The minimum Gasteiger partial charge on any atom is -0.395 e. The summed E-state index contributed by atoms with van der Waals surface area (Å²) in [6.45, 7) is 3.30. The van der Waals surface area contributed by atoms with Crippen molar-refractivity contribution in [1.29, 1.82) is 0 Å². The summed E-state index contributed by atoms with van der Waals surface area (Å²) in [7, 11) is 0. The van der Waals surface area contributed by atoms with Gasteiger partial charge in [0.05, 0.1) is 6.61 Å². The summed E-state index contributed by atoms with van der Waals surface area (Å²) >= 11 is 0. The number of aliphatic hydroxyl groups is 1. The first-order valence-corrected chi connectivity index (χ1v) is 8.11. The van der Waals surface area contributed by atoms with Crippen LogP contribution in [0.3, 0.4) is 0 Å². The van der Waals surface area contributed by atoms with Crippen LogP contribution in [0.4, 0.5) is 17.3 Å². The minimum absolute atomic E-state index is 0.0706. The Labute approximate surface area is 136 Å². The van der Waals surface area contributed by atoms with Crippen molar-refractivity contribution in [1.82, 2.24) is 9.97 Å². The van der Waals surface area contributed by atoms with E-state index >= 15 is 0 Å². The molecule has 1 fully saturated rings. The van der Waals surface area contributed by atoms with E-state index in [0.29, 0.717) is 13.1 Å². The predicted octanol–water partition coefficient (Wildman–Crippen LogP) is 2.09. The lowest BCUT2D eigenvalue weighted by molar-refractivity contribution is 0.311. The van der Waals surface area contributed by atoms with Crippen LogP contribution in [0.2, 0.25) is 0 Å². The maximum Gasteiger partial charge on any atom is 0.157 e. The molecule has 0 spiro atoms. The van der Waals surface area contributed by atoms with Crippen molar-refractivity contribution in [2.24, 2.45) is 0 Å². The zero-order valence-electron chi connectivity index (χ0n) is 13.2. The summed E-state index contributed by atoms with van der Waals surface area (Å²) in [6.07, 6.45) is 3.98.